The highest BCUT2D eigenvalue weighted by molar-refractivity contribution is 5.85. The van der Waals surface area contributed by atoms with E-state index in [9.17, 15) is 14.6 Å². The molecule has 4 nitrogen and oxygen atoms in total. The van der Waals surface area contributed by atoms with Crippen LogP contribution in [0.3, 0.4) is 0 Å². The van der Waals surface area contributed by atoms with E-state index in [0.717, 1.165) is 32.2 Å². The van der Waals surface area contributed by atoms with E-state index in [1.807, 2.05) is 13.8 Å². The number of rotatable bonds is 4. The number of nitrogens with one attached hydrogen (secondary N) is 1. The van der Waals surface area contributed by atoms with Gasteiger partial charge in [-0.1, -0.05) is 19.9 Å². The van der Waals surface area contributed by atoms with Gasteiger partial charge in [0.05, 0.1) is 0 Å². The molecule has 0 aliphatic carbocycles. The van der Waals surface area contributed by atoms with Crippen molar-refractivity contribution in [1.29, 1.82) is 0 Å². The van der Waals surface area contributed by atoms with E-state index in [2.05, 4.69) is 10.2 Å². The van der Waals surface area contributed by atoms with Crippen LogP contribution >= 0.6 is 12.4 Å². The molecule has 2 rings (SSSR count). The third-order valence-corrected chi connectivity index (χ3v) is 3.94. The lowest BCUT2D eigenvalue weighted by atomic mass is 9.79. The molecule has 0 aromatic heterocycles. The van der Waals surface area contributed by atoms with Crippen LogP contribution in [0.2, 0.25) is 0 Å². The minimum absolute atomic E-state index is 0. The van der Waals surface area contributed by atoms with Gasteiger partial charge >= 0.3 is 0 Å². The number of hydrogen-bond acceptors (Lipinski definition) is 4. The topological polar surface area (TPSA) is 55.7 Å². The van der Waals surface area contributed by atoms with E-state index < -0.39 is 11.2 Å². The second kappa shape index (κ2) is 7.40. The van der Waals surface area contributed by atoms with Crippen LogP contribution in [0.25, 0.3) is 0 Å². The number of piperazine rings is 1. The average molecular weight is 319 g/mol. The first-order valence-corrected chi connectivity index (χ1v) is 7.00. The Balaban J connectivity index is 0.00000220. The first kappa shape index (κ1) is 18.2. The molecule has 1 atom stereocenters. The summed E-state index contributed by atoms with van der Waals surface area (Å²) in [5.74, 6) is -0.498. The Morgan fingerprint density at radius 1 is 1.33 bits per heavy atom. The first-order valence-electron chi connectivity index (χ1n) is 7.00. The van der Waals surface area contributed by atoms with Gasteiger partial charge in [0.1, 0.15) is 11.6 Å². The molecule has 0 saturated carbocycles. The molecular weight excluding hydrogens is 295 g/mol. The Bertz CT molecular complexity index is 465. The summed E-state index contributed by atoms with van der Waals surface area (Å²) in [4.78, 5) is 2.20. The highest BCUT2D eigenvalue weighted by Crippen LogP contribution is 2.39. The monoisotopic (exact) mass is 318 g/mol. The van der Waals surface area contributed by atoms with Crippen molar-refractivity contribution in [1.82, 2.24) is 10.2 Å². The normalized spacial score (nSPS) is 18.1. The fourth-order valence-corrected chi connectivity index (χ4v) is 2.88. The minimum Gasteiger partial charge on any atom is -0.508 e. The maximum atomic E-state index is 14.2. The summed E-state index contributed by atoms with van der Waals surface area (Å²) in [6.07, 6.45) is 0. The second-order valence-electron chi connectivity index (χ2n) is 6.04. The zero-order valence-corrected chi connectivity index (χ0v) is 13.3. The Labute approximate surface area is 131 Å². The summed E-state index contributed by atoms with van der Waals surface area (Å²) in [6, 6.07) is 4.04. The molecule has 6 heteroatoms. The minimum atomic E-state index is -0.463. The number of halogens is 2. The van der Waals surface area contributed by atoms with E-state index >= 15 is 0 Å². The van der Waals surface area contributed by atoms with Gasteiger partial charge < -0.3 is 15.5 Å². The number of aliphatic hydroxyl groups excluding tert-OH is 1. The lowest BCUT2D eigenvalue weighted by Crippen LogP contribution is -2.49. The maximum Gasteiger partial charge on any atom is 0.131 e. The van der Waals surface area contributed by atoms with Crippen molar-refractivity contribution < 1.29 is 14.6 Å². The number of aliphatic hydroxyl groups is 1. The van der Waals surface area contributed by atoms with Crippen LogP contribution in [0.15, 0.2) is 18.2 Å². The summed E-state index contributed by atoms with van der Waals surface area (Å²) in [5.41, 5.74) is 0.0681. The molecular formula is C15H24ClFN2O2. The Hall–Kier alpha value is -0.880. The van der Waals surface area contributed by atoms with Crippen LogP contribution in [0, 0.1) is 11.2 Å². The van der Waals surface area contributed by atoms with Gasteiger partial charge in [-0.15, -0.1) is 12.4 Å². The van der Waals surface area contributed by atoms with Gasteiger partial charge in [0, 0.05) is 55.9 Å². The zero-order chi connectivity index (χ0) is 14.8. The highest BCUT2D eigenvalue weighted by Gasteiger charge is 2.37. The zero-order valence-electron chi connectivity index (χ0n) is 12.5. The second-order valence-corrected chi connectivity index (χ2v) is 6.04. The van der Waals surface area contributed by atoms with Crippen molar-refractivity contribution in [2.45, 2.75) is 19.9 Å². The number of hydrogen-bond donors (Lipinski definition) is 3. The molecule has 0 spiro atoms. The third-order valence-electron chi connectivity index (χ3n) is 3.94. The van der Waals surface area contributed by atoms with E-state index in [1.165, 1.54) is 6.07 Å². The van der Waals surface area contributed by atoms with Crippen LogP contribution in [0.1, 0.15) is 25.5 Å². The van der Waals surface area contributed by atoms with E-state index in [4.69, 9.17) is 0 Å². The fourth-order valence-electron chi connectivity index (χ4n) is 2.88. The number of phenolic OH excluding ortho intramolecular Hbond substituents is 1. The molecule has 1 saturated heterocycles. The number of phenols is 1. The molecule has 1 aromatic carbocycles. The molecule has 21 heavy (non-hydrogen) atoms. The molecule has 1 aromatic rings. The largest absolute Gasteiger partial charge is 0.508 e. The van der Waals surface area contributed by atoms with Gasteiger partial charge in [-0.3, -0.25) is 4.90 Å². The van der Waals surface area contributed by atoms with E-state index in [-0.39, 0.29) is 30.8 Å². The summed E-state index contributed by atoms with van der Waals surface area (Å²) < 4.78 is 14.2. The molecule has 1 fully saturated rings. The van der Waals surface area contributed by atoms with Crippen molar-refractivity contribution >= 4 is 12.4 Å². The number of aromatic hydroxyl groups is 1. The molecule has 0 bridgehead atoms. The number of nitrogens with zero attached hydrogens (tertiary/aromatic N) is 1. The van der Waals surface area contributed by atoms with Crippen molar-refractivity contribution in [3.63, 3.8) is 0 Å². The maximum absolute atomic E-state index is 14.2. The molecule has 0 radical (unpaired) electrons. The molecule has 1 aliphatic rings. The smallest absolute Gasteiger partial charge is 0.131 e. The number of benzene rings is 1. The van der Waals surface area contributed by atoms with Crippen LogP contribution in [0.5, 0.6) is 5.75 Å². The highest BCUT2D eigenvalue weighted by atomic mass is 35.5. The van der Waals surface area contributed by atoms with Crippen LogP contribution in [-0.4, -0.2) is 47.9 Å². The lowest BCUT2D eigenvalue weighted by Gasteiger charge is -2.43. The first-order chi connectivity index (χ1) is 9.45. The Morgan fingerprint density at radius 2 is 1.95 bits per heavy atom. The van der Waals surface area contributed by atoms with Crippen molar-refractivity contribution in [2.24, 2.45) is 5.41 Å². The summed E-state index contributed by atoms with van der Waals surface area (Å²) in [6.45, 7) is 7.19. The fraction of sp³-hybridized carbons (Fsp3) is 0.600. The predicted octanol–water partition coefficient (Wildman–Crippen LogP) is 1.92. The van der Waals surface area contributed by atoms with Gasteiger partial charge in [-0.25, -0.2) is 4.39 Å². The van der Waals surface area contributed by atoms with Gasteiger partial charge in [-0.05, 0) is 6.07 Å². The SMILES string of the molecule is CC(C)(CO)[C@H](c1ccc(O)cc1F)N1CCNCC1.Cl. The van der Waals surface area contributed by atoms with E-state index in [0.29, 0.717) is 5.56 Å². The molecule has 120 valence electrons. The Morgan fingerprint density at radius 3 is 2.48 bits per heavy atom. The van der Waals surface area contributed by atoms with Crippen molar-refractivity contribution in [3.05, 3.63) is 29.6 Å². The van der Waals surface area contributed by atoms with Crippen molar-refractivity contribution in [2.75, 3.05) is 32.8 Å². The van der Waals surface area contributed by atoms with Gasteiger partial charge in [0.15, 0.2) is 0 Å². The van der Waals surface area contributed by atoms with Crippen molar-refractivity contribution in [3.8, 4) is 5.75 Å². The van der Waals surface area contributed by atoms with Crippen LogP contribution in [0.4, 0.5) is 4.39 Å². The predicted molar refractivity (Wildman–Crippen MR) is 83.4 cm³/mol. The third kappa shape index (κ3) is 4.07. The molecule has 1 heterocycles. The van der Waals surface area contributed by atoms with Gasteiger partial charge in [0.2, 0.25) is 0 Å². The molecule has 0 amide bonds. The summed E-state index contributed by atoms with van der Waals surface area (Å²) in [5, 5.41) is 22.3. The van der Waals surface area contributed by atoms with Crippen LogP contribution < -0.4 is 5.32 Å². The molecule has 0 unspecified atom stereocenters. The lowest BCUT2D eigenvalue weighted by molar-refractivity contribution is 0.0286. The van der Waals surface area contributed by atoms with Crippen LogP contribution in [-0.2, 0) is 0 Å². The van der Waals surface area contributed by atoms with Gasteiger partial charge in [0.25, 0.3) is 0 Å². The molecule has 3 N–H and O–H groups in total. The summed E-state index contributed by atoms with van der Waals surface area (Å²) >= 11 is 0. The average Bonchev–Trinajstić information content (AvgIpc) is 2.43. The summed E-state index contributed by atoms with van der Waals surface area (Å²) in [7, 11) is 0. The molecule has 1 aliphatic heterocycles. The van der Waals surface area contributed by atoms with E-state index in [1.54, 1.807) is 6.07 Å². The quantitative estimate of drug-likeness (QED) is 0.794. The van der Waals surface area contributed by atoms with Gasteiger partial charge in [-0.2, -0.15) is 0 Å². The Kier molecular flexibility index (Phi) is 6.41. The standard InChI is InChI=1S/C15H23FN2O2.ClH/c1-15(2,10-19)14(18-7-5-17-6-8-18)12-4-3-11(20)9-13(12)16;/h3-4,9,14,17,19-20H,5-8,10H2,1-2H3;1H/t14-;/m0./s1.